The highest BCUT2D eigenvalue weighted by molar-refractivity contribution is 14.1. The predicted octanol–water partition coefficient (Wildman–Crippen LogP) is 2.60. The highest BCUT2D eigenvalue weighted by Crippen LogP contribution is 2.28. The molecule has 0 saturated heterocycles. The number of hydrogen-bond acceptors (Lipinski definition) is 4. The van der Waals surface area contributed by atoms with E-state index in [0.29, 0.717) is 0 Å². The van der Waals surface area contributed by atoms with E-state index in [2.05, 4.69) is 4.98 Å². The molecular weight excluding hydrogens is 335 g/mol. The Kier molecular flexibility index (Phi) is 4.05. The molecule has 0 radical (unpaired) electrons. The number of nitriles is 1. The molecule has 0 aliphatic carbocycles. The van der Waals surface area contributed by atoms with E-state index in [0.717, 1.165) is 6.07 Å². The first-order chi connectivity index (χ1) is 7.47. The van der Waals surface area contributed by atoms with Gasteiger partial charge < -0.3 is 10.1 Å². The number of nitrogens with zero attached hydrogens (tertiary/aromatic N) is 3. The van der Waals surface area contributed by atoms with Crippen LogP contribution in [0.25, 0.3) is 0 Å². The minimum absolute atomic E-state index is 0.0274. The first-order valence-corrected chi connectivity index (χ1v) is 5.04. The van der Waals surface area contributed by atoms with Crippen LogP contribution in [0.1, 0.15) is 17.7 Å². The van der Waals surface area contributed by atoms with E-state index in [-0.39, 0.29) is 15.7 Å². The normalized spacial score (nSPS) is 10.2. The maximum Gasteiger partial charge on any atom is 0.377 e. The average Bonchev–Trinajstić information content (AvgIpc) is 2.19. The zero-order chi connectivity index (χ0) is 12.3. The van der Waals surface area contributed by atoms with Crippen LogP contribution in [0, 0.1) is 25.0 Å². The Morgan fingerprint density at radius 1 is 1.69 bits per heavy atom. The summed E-state index contributed by atoms with van der Waals surface area (Å²) >= 11 is 1.56. The van der Waals surface area contributed by atoms with Gasteiger partial charge in [-0.3, -0.25) is 0 Å². The summed E-state index contributed by atoms with van der Waals surface area (Å²) in [5, 5.41) is 18.9. The van der Waals surface area contributed by atoms with Gasteiger partial charge in [0.1, 0.15) is 9.99 Å². The van der Waals surface area contributed by atoms with Crippen LogP contribution in [0.4, 0.5) is 14.6 Å². The second-order valence-electron chi connectivity index (χ2n) is 2.72. The summed E-state index contributed by atoms with van der Waals surface area (Å²) in [5.74, 6) is -0.504. The van der Waals surface area contributed by atoms with Crippen molar-refractivity contribution in [3.8, 4) is 6.07 Å². The van der Waals surface area contributed by atoms with E-state index in [1.165, 1.54) is 0 Å². The van der Waals surface area contributed by atoms with Crippen molar-refractivity contribution < 1.29 is 13.7 Å². The molecule has 0 amide bonds. The fourth-order valence-electron chi connectivity index (χ4n) is 1.06. The minimum atomic E-state index is -2.80. The SMILES string of the molecule is N#CCc1nc([N+](=O)[O-])c(I)cc1C(F)F. The van der Waals surface area contributed by atoms with Gasteiger partial charge >= 0.3 is 5.82 Å². The van der Waals surface area contributed by atoms with Crippen molar-refractivity contribution in [1.29, 1.82) is 5.26 Å². The molecule has 0 atom stereocenters. The number of hydrogen-bond donors (Lipinski definition) is 0. The van der Waals surface area contributed by atoms with Gasteiger partial charge in [-0.2, -0.15) is 5.26 Å². The van der Waals surface area contributed by atoms with Gasteiger partial charge in [0.2, 0.25) is 0 Å². The third-order valence-corrected chi connectivity index (χ3v) is 2.52. The van der Waals surface area contributed by atoms with Crippen molar-refractivity contribution in [3.05, 3.63) is 31.0 Å². The molecule has 16 heavy (non-hydrogen) atoms. The van der Waals surface area contributed by atoms with Gasteiger partial charge in [0.25, 0.3) is 6.43 Å². The Bertz CT molecular complexity index is 473. The van der Waals surface area contributed by atoms with E-state index in [4.69, 9.17) is 5.26 Å². The molecule has 84 valence electrons. The van der Waals surface area contributed by atoms with E-state index >= 15 is 0 Å². The van der Waals surface area contributed by atoms with Crippen molar-refractivity contribution >= 4 is 28.4 Å². The minimum Gasteiger partial charge on any atom is -0.358 e. The molecule has 0 fully saturated rings. The molecule has 1 aromatic heterocycles. The summed E-state index contributed by atoms with van der Waals surface area (Å²) in [5.41, 5.74) is -0.679. The maximum absolute atomic E-state index is 12.5. The number of rotatable bonds is 3. The van der Waals surface area contributed by atoms with Crippen molar-refractivity contribution in [2.75, 3.05) is 0 Å². The van der Waals surface area contributed by atoms with Crippen LogP contribution < -0.4 is 0 Å². The first-order valence-electron chi connectivity index (χ1n) is 3.96. The molecule has 0 saturated carbocycles. The monoisotopic (exact) mass is 339 g/mol. The third-order valence-electron chi connectivity index (χ3n) is 1.72. The van der Waals surface area contributed by atoms with E-state index in [9.17, 15) is 18.9 Å². The van der Waals surface area contributed by atoms with Crippen LogP contribution in [0.15, 0.2) is 6.07 Å². The number of alkyl halides is 2. The van der Waals surface area contributed by atoms with Crippen LogP contribution in [-0.4, -0.2) is 9.91 Å². The highest BCUT2D eigenvalue weighted by Gasteiger charge is 2.24. The molecule has 1 heterocycles. The Balaban J connectivity index is 3.38. The van der Waals surface area contributed by atoms with Gasteiger partial charge in [0.05, 0.1) is 11.6 Å². The zero-order valence-corrected chi connectivity index (χ0v) is 9.81. The van der Waals surface area contributed by atoms with Crippen molar-refractivity contribution in [1.82, 2.24) is 4.98 Å². The van der Waals surface area contributed by atoms with Crippen molar-refractivity contribution in [2.24, 2.45) is 0 Å². The summed E-state index contributed by atoms with van der Waals surface area (Å²) in [6.45, 7) is 0. The van der Waals surface area contributed by atoms with Crippen LogP contribution in [0.3, 0.4) is 0 Å². The van der Waals surface area contributed by atoms with Crippen molar-refractivity contribution in [3.63, 3.8) is 0 Å². The molecule has 0 spiro atoms. The van der Waals surface area contributed by atoms with Crippen molar-refractivity contribution in [2.45, 2.75) is 12.8 Å². The number of pyridine rings is 1. The Labute approximate surface area is 102 Å². The molecule has 0 bridgehead atoms. The van der Waals surface area contributed by atoms with Crippen LogP contribution in [0.5, 0.6) is 0 Å². The summed E-state index contributed by atoms with van der Waals surface area (Å²) in [6.07, 6.45) is -3.18. The molecule has 0 N–H and O–H groups in total. The highest BCUT2D eigenvalue weighted by atomic mass is 127. The second-order valence-corrected chi connectivity index (χ2v) is 3.88. The average molecular weight is 339 g/mol. The van der Waals surface area contributed by atoms with Gasteiger partial charge in [-0.15, -0.1) is 0 Å². The van der Waals surface area contributed by atoms with Crippen LogP contribution in [-0.2, 0) is 6.42 Å². The van der Waals surface area contributed by atoms with E-state index in [1.807, 2.05) is 0 Å². The lowest BCUT2D eigenvalue weighted by Crippen LogP contribution is -2.04. The largest absolute Gasteiger partial charge is 0.377 e. The molecule has 1 rings (SSSR count). The number of nitro groups is 1. The summed E-state index contributed by atoms with van der Waals surface area (Å²) in [6, 6.07) is 2.63. The smallest absolute Gasteiger partial charge is 0.358 e. The van der Waals surface area contributed by atoms with Gasteiger partial charge in [-0.1, -0.05) is 0 Å². The quantitative estimate of drug-likeness (QED) is 0.482. The van der Waals surface area contributed by atoms with Gasteiger partial charge in [-0.25, -0.2) is 8.78 Å². The second kappa shape index (κ2) is 5.11. The molecular formula is C8H4F2IN3O2. The molecule has 0 aliphatic heterocycles. The van der Waals surface area contributed by atoms with E-state index in [1.54, 1.807) is 28.7 Å². The topological polar surface area (TPSA) is 79.8 Å². The molecule has 0 aliphatic rings. The maximum atomic E-state index is 12.5. The molecule has 1 aromatic rings. The Morgan fingerprint density at radius 3 is 2.75 bits per heavy atom. The Hall–Kier alpha value is -1.37. The fraction of sp³-hybridized carbons (Fsp3) is 0.250. The molecule has 8 heteroatoms. The third kappa shape index (κ3) is 2.60. The number of aromatic nitrogens is 1. The van der Waals surface area contributed by atoms with Gasteiger partial charge in [0.15, 0.2) is 5.69 Å². The summed E-state index contributed by atoms with van der Waals surface area (Å²) in [4.78, 5) is 13.2. The van der Waals surface area contributed by atoms with Crippen LogP contribution in [0.2, 0.25) is 0 Å². The van der Waals surface area contributed by atoms with Gasteiger partial charge in [0, 0.05) is 0 Å². The Morgan fingerprint density at radius 2 is 2.31 bits per heavy atom. The first kappa shape index (κ1) is 12.7. The number of halogens is 3. The fourth-order valence-corrected chi connectivity index (χ4v) is 1.72. The predicted molar refractivity (Wildman–Crippen MR) is 57.9 cm³/mol. The molecule has 0 unspecified atom stereocenters. The standard InChI is InChI=1S/C8H4F2IN3O2/c9-7(10)4-3-5(11)8(14(15)16)13-6(4)1-2-12/h3,7H,1H2. The lowest BCUT2D eigenvalue weighted by Gasteiger charge is -2.03. The zero-order valence-electron chi connectivity index (χ0n) is 7.65. The lowest BCUT2D eigenvalue weighted by molar-refractivity contribution is -0.390. The van der Waals surface area contributed by atoms with Gasteiger partial charge in [-0.05, 0) is 38.6 Å². The molecule has 5 nitrogen and oxygen atoms in total. The van der Waals surface area contributed by atoms with Crippen LogP contribution >= 0.6 is 22.6 Å². The summed E-state index contributed by atoms with van der Waals surface area (Å²) < 4.78 is 25.1. The van der Waals surface area contributed by atoms with E-state index < -0.39 is 22.7 Å². The summed E-state index contributed by atoms with van der Waals surface area (Å²) in [7, 11) is 0. The molecule has 0 aromatic carbocycles. The lowest BCUT2D eigenvalue weighted by atomic mass is 10.1.